The zero-order chi connectivity index (χ0) is 12.3. The lowest BCUT2D eigenvalue weighted by Crippen LogP contribution is -2.35. The Morgan fingerprint density at radius 1 is 0.875 bits per heavy atom. The third kappa shape index (κ3) is 13.7. The molecule has 1 nitrogen and oxygen atoms in total. The molecule has 0 aliphatic carbocycles. The third-order valence-electron chi connectivity index (χ3n) is 2.64. The molecule has 0 spiro atoms. The summed E-state index contributed by atoms with van der Waals surface area (Å²) in [4.78, 5) is 0. The summed E-state index contributed by atoms with van der Waals surface area (Å²) in [6.07, 6.45) is 14.2. The molecular weight excluding hydrogens is 194 g/mol. The zero-order valence-electron chi connectivity index (χ0n) is 11.8. The molecule has 0 atom stereocenters. The van der Waals surface area contributed by atoms with Gasteiger partial charge in [-0.15, -0.1) is 0 Å². The fourth-order valence-corrected chi connectivity index (χ4v) is 1.61. The van der Waals surface area contributed by atoms with E-state index in [1.165, 1.54) is 44.9 Å². The minimum atomic E-state index is 0.241. The standard InChI is InChI=1S/C15H31N/c1-5-6-7-8-9-10-11-12-13-14-16-15(2,3)4/h12-13,16H,5-11,14H2,1-4H3/b13-12+. The van der Waals surface area contributed by atoms with Gasteiger partial charge >= 0.3 is 0 Å². The average Bonchev–Trinajstić information content (AvgIpc) is 2.19. The van der Waals surface area contributed by atoms with E-state index in [-0.39, 0.29) is 5.54 Å². The molecule has 0 saturated heterocycles. The summed E-state index contributed by atoms with van der Waals surface area (Å²) in [6.45, 7) is 9.88. The molecule has 16 heavy (non-hydrogen) atoms. The van der Waals surface area contributed by atoms with E-state index in [2.05, 4.69) is 45.2 Å². The van der Waals surface area contributed by atoms with Gasteiger partial charge in [0.05, 0.1) is 0 Å². The van der Waals surface area contributed by atoms with E-state index in [0.29, 0.717) is 0 Å². The molecule has 0 aromatic heterocycles. The van der Waals surface area contributed by atoms with Crippen molar-refractivity contribution in [1.82, 2.24) is 5.32 Å². The van der Waals surface area contributed by atoms with Crippen molar-refractivity contribution in [3.05, 3.63) is 12.2 Å². The van der Waals surface area contributed by atoms with Crippen LogP contribution in [0.1, 0.15) is 72.6 Å². The second-order valence-electron chi connectivity index (χ2n) is 5.66. The number of rotatable bonds is 9. The molecule has 0 fully saturated rings. The quantitative estimate of drug-likeness (QED) is 0.444. The monoisotopic (exact) mass is 225 g/mol. The van der Waals surface area contributed by atoms with Gasteiger partial charge in [-0.1, -0.05) is 51.2 Å². The van der Waals surface area contributed by atoms with E-state index in [4.69, 9.17) is 0 Å². The van der Waals surface area contributed by atoms with Gasteiger partial charge in [-0.25, -0.2) is 0 Å². The summed E-state index contributed by atoms with van der Waals surface area (Å²) in [7, 11) is 0. The lowest BCUT2D eigenvalue weighted by atomic mass is 10.1. The molecule has 0 aliphatic rings. The Hall–Kier alpha value is -0.300. The van der Waals surface area contributed by atoms with Crippen LogP contribution in [0.3, 0.4) is 0 Å². The minimum Gasteiger partial charge on any atom is -0.309 e. The summed E-state index contributed by atoms with van der Waals surface area (Å²) in [5, 5.41) is 3.45. The Morgan fingerprint density at radius 2 is 1.50 bits per heavy atom. The number of hydrogen-bond donors (Lipinski definition) is 1. The highest BCUT2D eigenvalue weighted by molar-refractivity contribution is 4.86. The van der Waals surface area contributed by atoms with Crippen molar-refractivity contribution in [3.63, 3.8) is 0 Å². The van der Waals surface area contributed by atoms with Gasteiger partial charge in [0.1, 0.15) is 0 Å². The molecule has 0 unspecified atom stereocenters. The van der Waals surface area contributed by atoms with E-state index in [1.54, 1.807) is 0 Å². The summed E-state index contributed by atoms with van der Waals surface area (Å²) in [5.74, 6) is 0. The number of allylic oxidation sites excluding steroid dienone is 1. The molecule has 0 amide bonds. The smallest absolute Gasteiger partial charge is 0.0139 e. The van der Waals surface area contributed by atoms with Gasteiger partial charge in [0.25, 0.3) is 0 Å². The average molecular weight is 225 g/mol. The SMILES string of the molecule is CCCCCCCC/C=C/CNC(C)(C)C. The van der Waals surface area contributed by atoms with Crippen LogP contribution in [-0.2, 0) is 0 Å². The predicted octanol–water partition coefficient (Wildman–Crippen LogP) is 4.68. The zero-order valence-corrected chi connectivity index (χ0v) is 11.8. The fourth-order valence-electron chi connectivity index (χ4n) is 1.61. The molecule has 0 rings (SSSR count). The van der Waals surface area contributed by atoms with E-state index in [9.17, 15) is 0 Å². The Balaban J connectivity index is 3.16. The predicted molar refractivity (Wildman–Crippen MR) is 74.9 cm³/mol. The van der Waals surface area contributed by atoms with Crippen LogP contribution in [0.2, 0.25) is 0 Å². The van der Waals surface area contributed by atoms with Gasteiger partial charge in [-0.3, -0.25) is 0 Å². The van der Waals surface area contributed by atoms with Gasteiger partial charge in [-0.2, -0.15) is 0 Å². The molecule has 96 valence electrons. The summed E-state index contributed by atoms with van der Waals surface area (Å²) < 4.78 is 0. The van der Waals surface area contributed by atoms with Crippen LogP contribution in [0.4, 0.5) is 0 Å². The fraction of sp³-hybridized carbons (Fsp3) is 0.867. The van der Waals surface area contributed by atoms with Crippen LogP contribution >= 0.6 is 0 Å². The van der Waals surface area contributed by atoms with Crippen LogP contribution < -0.4 is 5.32 Å². The number of unbranched alkanes of at least 4 members (excludes halogenated alkanes) is 6. The van der Waals surface area contributed by atoms with E-state index < -0.39 is 0 Å². The largest absolute Gasteiger partial charge is 0.309 e. The molecular formula is C15H31N. The number of nitrogens with one attached hydrogen (secondary N) is 1. The van der Waals surface area contributed by atoms with Crippen molar-refractivity contribution in [2.24, 2.45) is 0 Å². The van der Waals surface area contributed by atoms with Crippen molar-refractivity contribution in [3.8, 4) is 0 Å². The minimum absolute atomic E-state index is 0.241. The van der Waals surface area contributed by atoms with Crippen LogP contribution in [-0.4, -0.2) is 12.1 Å². The second-order valence-corrected chi connectivity index (χ2v) is 5.66. The molecule has 0 bridgehead atoms. The Labute approximate surface area is 103 Å². The normalized spacial score (nSPS) is 12.5. The van der Waals surface area contributed by atoms with Gasteiger partial charge in [-0.05, 0) is 33.6 Å². The maximum absolute atomic E-state index is 3.45. The summed E-state index contributed by atoms with van der Waals surface area (Å²) in [5.41, 5.74) is 0.241. The topological polar surface area (TPSA) is 12.0 Å². The molecule has 0 heterocycles. The third-order valence-corrected chi connectivity index (χ3v) is 2.64. The van der Waals surface area contributed by atoms with Crippen LogP contribution in [0, 0.1) is 0 Å². The molecule has 0 saturated carbocycles. The maximum Gasteiger partial charge on any atom is 0.0139 e. The summed E-state index contributed by atoms with van der Waals surface area (Å²) in [6, 6.07) is 0. The first-order chi connectivity index (χ1) is 7.56. The highest BCUT2D eigenvalue weighted by Crippen LogP contribution is 2.07. The lowest BCUT2D eigenvalue weighted by Gasteiger charge is -2.18. The Bertz CT molecular complexity index is 165. The molecule has 0 aromatic carbocycles. The molecule has 1 N–H and O–H groups in total. The lowest BCUT2D eigenvalue weighted by molar-refractivity contribution is 0.449. The molecule has 0 radical (unpaired) electrons. The van der Waals surface area contributed by atoms with Crippen molar-refractivity contribution in [1.29, 1.82) is 0 Å². The van der Waals surface area contributed by atoms with Gasteiger partial charge in [0, 0.05) is 12.1 Å². The van der Waals surface area contributed by atoms with E-state index in [1.807, 2.05) is 0 Å². The van der Waals surface area contributed by atoms with Gasteiger partial charge < -0.3 is 5.32 Å². The first kappa shape index (κ1) is 15.7. The number of hydrogen-bond acceptors (Lipinski definition) is 1. The van der Waals surface area contributed by atoms with Crippen LogP contribution in [0.5, 0.6) is 0 Å². The summed E-state index contributed by atoms with van der Waals surface area (Å²) >= 11 is 0. The van der Waals surface area contributed by atoms with Crippen molar-refractivity contribution in [2.45, 2.75) is 78.2 Å². The highest BCUT2D eigenvalue weighted by atomic mass is 14.9. The first-order valence-corrected chi connectivity index (χ1v) is 6.96. The van der Waals surface area contributed by atoms with Crippen molar-refractivity contribution in [2.75, 3.05) is 6.54 Å². The van der Waals surface area contributed by atoms with Crippen LogP contribution in [0.15, 0.2) is 12.2 Å². The Morgan fingerprint density at radius 3 is 2.12 bits per heavy atom. The van der Waals surface area contributed by atoms with E-state index >= 15 is 0 Å². The molecule has 1 heteroatoms. The maximum atomic E-state index is 3.45. The van der Waals surface area contributed by atoms with Crippen molar-refractivity contribution < 1.29 is 0 Å². The van der Waals surface area contributed by atoms with Crippen molar-refractivity contribution >= 4 is 0 Å². The molecule has 0 aromatic rings. The first-order valence-electron chi connectivity index (χ1n) is 6.96. The van der Waals surface area contributed by atoms with Gasteiger partial charge in [0.15, 0.2) is 0 Å². The van der Waals surface area contributed by atoms with Gasteiger partial charge in [0.2, 0.25) is 0 Å². The second kappa shape index (κ2) is 9.89. The Kier molecular flexibility index (Phi) is 9.71. The van der Waals surface area contributed by atoms with E-state index in [0.717, 1.165) is 6.54 Å². The highest BCUT2D eigenvalue weighted by Gasteiger charge is 2.05. The van der Waals surface area contributed by atoms with Crippen LogP contribution in [0.25, 0.3) is 0 Å². The molecule has 0 aliphatic heterocycles.